The van der Waals surface area contributed by atoms with Gasteiger partial charge in [0.05, 0.1) is 6.54 Å². The second kappa shape index (κ2) is 7.34. The van der Waals surface area contributed by atoms with Crippen molar-refractivity contribution in [3.8, 4) is 0 Å². The third-order valence-electron chi connectivity index (χ3n) is 5.57. The topological polar surface area (TPSA) is 69.6 Å². The van der Waals surface area contributed by atoms with Gasteiger partial charge in [0.25, 0.3) is 0 Å². The molecule has 1 amide bonds. The Morgan fingerprint density at radius 2 is 1.88 bits per heavy atom. The van der Waals surface area contributed by atoms with Crippen LogP contribution >= 0.6 is 0 Å². The quantitative estimate of drug-likeness (QED) is 0.839. The Labute approximate surface area is 143 Å². The monoisotopic (exact) mass is 330 g/mol. The maximum Gasteiger partial charge on any atom is 0.320 e. The molecule has 5 heteroatoms. The first kappa shape index (κ1) is 17.0. The Morgan fingerprint density at radius 1 is 1.17 bits per heavy atom. The first-order valence-corrected chi connectivity index (χ1v) is 8.90. The van der Waals surface area contributed by atoms with E-state index in [4.69, 9.17) is 0 Å². The summed E-state index contributed by atoms with van der Waals surface area (Å²) in [6, 6.07) is 9.92. The standard InChI is InChI=1S/C19H26N2O3/c22-17(13-21-12-6-9-16(21)18(23)24)20-14-19(10-4-5-11-19)15-7-2-1-3-8-15/h1-3,7-8,16H,4-6,9-14H2,(H,20,22)(H,23,24)/t16-/m0/s1. The third-order valence-corrected chi connectivity index (χ3v) is 5.57. The van der Waals surface area contributed by atoms with Crippen LogP contribution in [0.3, 0.4) is 0 Å². The highest BCUT2D eigenvalue weighted by atomic mass is 16.4. The minimum Gasteiger partial charge on any atom is -0.480 e. The lowest BCUT2D eigenvalue weighted by Crippen LogP contribution is -2.46. The largest absolute Gasteiger partial charge is 0.480 e. The SMILES string of the molecule is O=C(CN1CCC[C@H]1C(=O)O)NCC1(c2ccccc2)CCCC1. The van der Waals surface area contributed by atoms with Gasteiger partial charge in [0.1, 0.15) is 6.04 Å². The van der Waals surface area contributed by atoms with E-state index in [1.165, 1.54) is 18.4 Å². The van der Waals surface area contributed by atoms with E-state index in [1.54, 1.807) is 4.90 Å². The van der Waals surface area contributed by atoms with Crippen LogP contribution in [0.4, 0.5) is 0 Å². The molecule has 0 bridgehead atoms. The third kappa shape index (κ3) is 3.61. The van der Waals surface area contributed by atoms with Crippen LogP contribution in [0.15, 0.2) is 30.3 Å². The van der Waals surface area contributed by atoms with E-state index in [0.29, 0.717) is 19.5 Å². The average molecular weight is 330 g/mol. The molecule has 1 aromatic carbocycles. The van der Waals surface area contributed by atoms with E-state index in [-0.39, 0.29) is 17.9 Å². The molecule has 3 rings (SSSR count). The summed E-state index contributed by atoms with van der Waals surface area (Å²) in [6.07, 6.45) is 6.06. The minimum absolute atomic E-state index is 0.0358. The van der Waals surface area contributed by atoms with Crippen LogP contribution in [0.25, 0.3) is 0 Å². The molecule has 0 aromatic heterocycles. The lowest BCUT2D eigenvalue weighted by molar-refractivity contribution is -0.142. The number of hydrogen-bond acceptors (Lipinski definition) is 3. The van der Waals surface area contributed by atoms with Crippen molar-refractivity contribution in [1.29, 1.82) is 0 Å². The predicted octanol–water partition coefficient (Wildman–Crippen LogP) is 2.16. The molecule has 2 fully saturated rings. The number of nitrogens with zero attached hydrogens (tertiary/aromatic N) is 1. The number of aliphatic carboxylic acids is 1. The molecule has 1 aliphatic carbocycles. The maximum absolute atomic E-state index is 12.4. The molecule has 1 aromatic rings. The fourth-order valence-corrected chi connectivity index (χ4v) is 4.21. The Kier molecular flexibility index (Phi) is 5.19. The summed E-state index contributed by atoms with van der Waals surface area (Å²) >= 11 is 0. The second-order valence-corrected chi connectivity index (χ2v) is 7.10. The lowest BCUT2D eigenvalue weighted by Gasteiger charge is -2.30. The van der Waals surface area contributed by atoms with Crippen LogP contribution < -0.4 is 5.32 Å². The van der Waals surface area contributed by atoms with Crippen LogP contribution in [0.2, 0.25) is 0 Å². The van der Waals surface area contributed by atoms with Crippen LogP contribution in [0, 0.1) is 0 Å². The molecule has 5 nitrogen and oxygen atoms in total. The number of carboxylic acids is 1. The van der Waals surface area contributed by atoms with Crippen LogP contribution in [-0.2, 0) is 15.0 Å². The van der Waals surface area contributed by atoms with Gasteiger partial charge in [0, 0.05) is 12.0 Å². The number of benzene rings is 1. The number of nitrogens with one attached hydrogen (secondary N) is 1. The van der Waals surface area contributed by atoms with E-state index >= 15 is 0 Å². The highest BCUT2D eigenvalue weighted by Crippen LogP contribution is 2.40. The van der Waals surface area contributed by atoms with Gasteiger partial charge < -0.3 is 10.4 Å². The van der Waals surface area contributed by atoms with Crippen molar-refractivity contribution in [2.75, 3.05) is 19.6 Å². The first-order chi connectivity index (χ1) is 11.6. The van der Waals surface area contributed by atoms with Crippen molar-refractivity contribution < 1.29 is 14.7 Å². The van der Waals surface area contributed by atoms with Gasteiger partial charge in [-0.25, -0.2) is 0 Å². The van der Waals surface area contributed by atoms with Gasteiger partial charge in [-0.3, -0.25) is 14.5 Å². The first-order valence-electron chi connectivity index (χ1n) is 8.90. The summed E-state index contributed by atoms with van der Waals surface area (Å²) in [5, 5.41) is 12.3. The van der Waals surface area contributed by atoms with Crippen molar-refractivity contribution in [1.82, 2.24) is 10.2 Å². The highest BCUT2D eigenvalue weighted by molar-refractivity contribution is 5.80. The van der Waals surface area contributed by atoms with E-state index in [2.05, 4.69) is 29.6 Å². The lowest BCUT2D eigenvalue weighted by atomic mass is 9.79. The van der Waals surface area contributed by atoms with Gasteiger partial charge in [0.15, 0.2) is 0 Å². The van der Waals surface area contributed by atoms with Crippen molar-refractivity contribution in [2.24, 2.45) is 0 Å². The van der Waals surface area contributed by atoms with Crippen molar-refractivity contribution >= 4 is 11.9 Å². The zero-order valence-electron chi connectivity index (χ0n) is 14.0. The molecule has 1 saturated heterocycles. The van der Waals surface area contributed by atoms with Gasteiger partial charge in [0.2, 0.25) is 5.91 Å². The summed E-state index contributed by atoms with van der Waals surface area (Å²) in [4.78, 5) is 25.4. The summed E-state index contributed by atoms with van der Waals surface area (Å²) < 4.78 is 0. The van der Waals surface area contributed by atoms with Gasteiger partial charge in [-0.2, -0.15) is 0 Å². The Bertz CT molecular complexity index is 582. The summed E-state index contributed by atoms with van der Waals surface area (Å²) in [5.74, 6) is -0.887. The Morgan fingerprint density at radius 3 is 2.54 bits per heavy atom. The molecule has 2 aliphatic rings. The molecule has 0 spiro atoms. The van der Waals surface area contributed by atoms with Crippen LogP contribution in [0.5, 0.6) is 0 Å². The van der Waals surface area contributed by atoms with Crippen LogP contribution in [0.1, 0.15) is 44.1 Å². The van der Waals surface area contributed by atoms with E-state index in [1.807, 2.05) is 6.07 Å². The molecule has 1 saturated carbocycles. The summed E-state index contributed by atoms with van der Waals surface area (Å²) in [6.45, 7) is 1.51. The maximum atomic E-state index is 12.4. The number of likely N-dealkylation sites (tertiary alicyclic amines) is 1. The van der Waals surface area contributed by atoms with Gasteiger partial charge in [-0.1, -0.05) is 43.2 Å². The van der Waals surface area contributed by atoms with Crippen molar-refractivity contribution in [2.45, 2.75) is 50.0 Å². The van der Waals surface area contributed by atoms with Crippen molar-refractivity contribution in [3.63, 3.8) is 0 Å². The molecule has 2 N–H and O–H groups in total. The smallest absolute Gasteiger partial charge is 0.320 e. The minimum atomic E-state index is -0.822. The zero-order chi connectivity index (χ0) is 17.0. The molecular weight excluding hydrogens is 304 g/mol. The van der Waals surface area contributed by atoms with E-state index < -0.39 is 12.0 Å². The number of rotatable bonds is 6. The fraction of sp³-hybridized carbons (Fsp3) is 0.579. The number of amides is 1. The molecule has 24 heavy (non-hydrogen) atoms. The number of carboxylic acid groups (broad SMARTS) is 1. The van der Waals surface area contributed by atoms with Gasteiger partial charge in [-0.15, -0.1) is 0 Å². The predicted molar refractivity (Wildman–Crippen MR) is 91.8 cm³/mol. The number of carbonyl (C=O) groups excluding carboxylic acids is 1. The molecule has 1 atom stereocenters. The molecule has 1 heterocycles. The average Bonchev–Trinajstić information content (AvgIpc) is 3.24. The molecular formula is C19H26N2O3. The molecule has 1 aliphatic heterocycles. The Hall–Kier alpha value is -1.88. The van der Waals surface area contributed by atoms with Crippen molar-refractivity contribution in [3.05, 3.63) is 35.9 Å². The second-order valence-electron chi connectivity index (χ2n) is 7.10. The van der Waals surface area contributed by atoms with E-state index in [9.17, 15) is 14.7 Å². The summed E-state index contributed by atoms with van der Waals surface area (Å²) in [7, 11) is 0. The normalized spacial score (nSPS) is 23.2. The fourth-order valence-electron chi connectivity index (χ4n) is 4.21. The molecule has 130 valence electrons. The van der Waals surface area contributed by atoms with Crippen LogP contribution in [-0.4, -0.2) is 47.6 Å². The number of hydrogen-bond donors (Lipinski definition) is 2. The Balaban J connectivity index is 1.59. The summed E-state index contributed by atoms with van der Waals surface area (Å²) in [5.41, 5.74) is 1.33. The highest BCUT2D eigenvalue weighted by Gasteiger charge is 2.36. The molecule has 0 radical (unpaired) electrons. The number of carbonyl (C=O) groups is 2. The van der Waals surface area contributed by atoms with Gasteiger partial charge in [-0.05, 0) is 37.8 Å². The van der Waals surface area contributed by atoms with E-state index in [0.717, 1.165) is 19.3 Å². The van der Waals surface area contributed by atoms with Gasteiger partial charge >= 0.3 is 5.97 Å². The zero-order valence-corrected chi connectivity index (χ0v) is 14.0. The molecule has 0 unspecified atom stereocenters.